The second kappa shape index (κ2) is 6.20. The van der Waals surface area contributed by atoms with E-state index in [0.29, 0.717) is 5.11 Å². The lowest BCUT2D eigenvalue weighted by atomic mass is 10.2. The fraction of sp³-hybridized carbons (Fsp3) is 0.133. The average Bonchev–Trinajstić information content (AvgIpc) is 2.42. The predicted octanol–water partition coefficient (Wildman–Crippen LogP) is 3.81. The van der Waals surface area contributed by atoms with Crippen LogP contribution >= 0.6 is 12.2 Å². The summed E-state index contributed by atoms with van der Waals surface area (Å²) in [5, 5.41) is 6.85. The van der Waals surface area contributed by atoms with E-state index in [-0.39, 0.29) is 0 Å². The van der Waals surface area contributed by atoms with Crippen molar-refractivity contribution in [2.24, 2.45) is 0 Å². The quantitative estimate of drug-likeness (QED) is 0.832. The lowest BCUT2D eigenvalue weighted by molar-refractivity contribution is 0.417. The lowest BCUT2D eigenvalue weighted by Crippen LogP contribution is -2.19. The zero-order chi connectivity index (χ0) is 13.7. The molecular weight excluding hydrogens is 256 g/mol. The predicted molar refractivity (Wildman–Crippen MR) is 84.0 cm³/mol. The summed E-state index contributed by atoms with van der Waals surface area (Å²) in [7, 11) is 1.64. The van der Waals surface area contributed by atoms with E-state index in [1.165, 1.54) is 0 Å². The molecule has 2 aromatic rings. The molecule has 0 unspecified atom stereocenters. The molecule has 2 rings (SSSR count). The fourth-order valence-corrected chi connectivity index (χ4v) is 1.96. The van der Waals surface area contributed by atoms with Crippen molar-refractivity contribution >= 4 is 28.7 Å². The maximum Gasteiger partial charge on any atom is 0.175 e. The van der Waals surface area contributed by atoms with Crippen LogP contribution < -0.4 is 15.4 Å². The molecule has 2 N–H and O–H groups in total. The normalized spacial score (nSPS) is 9.79. The van der Waals surface area contributed by atoms with Gasteiger partial charge in [-0.2, -0.15) is 0 Å². The largest absolute Gasteiger partial charge is 0.495 e. The van der Waals surface area contributed by atoms with Gasteiger partial charge < -0.3 is 15.4 Å². The van der Waals surface area contributed by atoms with Crippen molar-refractivity contribution in [3.8, 4) is 5.75 Å². The summed E-state index contributed by atoms with van der Waals surface area (Å²) in [6.45, 7) is 2.04. The van der Waals surface area contributed by atoms with Crippen LogP contribution in [0.3, 0.4) is 0 Å². The number of anilines is 2. The average molecular weight is 272 g/mol. The molecule has 0 spiro atoms. The Hall–Kier alpha value is -2.07. The molecule has 0 radical (unpaired) electrons. The zero-order valence-corrected chi connectivity index (χ0v) is 11.8. The molecule has 0 fully saturated rings. The smallest absolute Gasteiger partial charge is 0.175 e. The Balaban J connectivity index is 2.08. The first-order valence-corrected chi connectivity index (χ1v) is 6.38. The van der Waals surface area contributed by atoms with Gasteiger partial charge in [-0.05, 0) is 42.9 Å². The van der Waals surface area contributed by atoms with Gasteiger partial charge >= 0.3 is 0 Å². The van der Waals surface area contributed by atoms with Gasteiger partial charge in [0.15, 0.2) is 5.11 Å². The minimum Gasteiger partial charge on any atom is -0.495 e. The van der Waals surface area contributed by atoms with Crippen LogP contribution in [0.25, 0.3) is 0 Å². The Morgan fingerprint density at radius 1 is 0.947 bits per heavy atom. The first kappa shape index (κ1) is 13.4. The second-order valence-corrected chi connectivity index (χ2v) is 4.50. The van der Waals surface area contributed by atoms with Crippen LogP contribution in [-0.2, 0) is 0 Å². The molecule has 0 saturated carbocycles. The van der Waals surface area contributed by atoms with Gasteiger partial charge in [-0.3, -0.25) is 0 Å². The molecule has 0 aliphatic heterocycles. The number of hydrogen-bond acceptors (Lipinski definition) is 2. The first-order chi connectivity index (χ1) is 9.20. The number of aryl methyl sites for hydroxylation is 1. The number of rotatable bonds is 3. The highest BCUT2D eigenvalue weighted by Crippen LogP contribution is 2.23. The van der Waals surface area contributed by atoms with Gasteiger partial charge in [0.2, 0.25) is 0 Å². The third kappa shape index (κ3) is 3.45. The van der Waals surface area contributed by atoms with E-state index in [9.17, 15) is 0 Å². The van der Waals surface area contributed by atoms with Gasteiger partial charge in [-0.1, -0.05) is 30.3 Å². The Bertz CT molecular complexity index is 584. The molecular formula is C15H16N2OS. The van der Waals surface area contributed by atoms with Crippen molar-refractivity contribution in [3.05, 3.63) is 54.1 Å². The van der Waals surface area contributed by atoms with Gasteiger partial charge in [0.05, 0.1) is 12.8 Å². The summed E-state index contributed by atoms with van der Waals surface area (Å²) in [4.78, 5) is 0. The highest BCUT2D eigenvalue weighted by atomic mass is 32.1. The summed E-state index contributed by atoms with van der Waals surface area (Å²) in [6.07, 6.45) is 0. The molecule has 4 heteroatoms. The Labute approximate surface area is 118 Å². The van der Waals surface area contributed by atoms with Crippen molar-refractivity contribution in [1.82, 2.24) is 0 Å². The van der Waals surface area contributed by atoms with Crippen LogP contribution in [0.1, 0.15) is 5.56 Å². The molecule has 3 nitrogen and oxygen atoms in total. The van der Waals surface area contributed by atoms with Gasteiger partial charge in [-0.25, -0.2) is 0 Å². The molecule has 0 heterocycles. The number of hydrogen-bond donors (Lipinski definition) is 2. The van der Waals surface area contributed by atoms with E-state index >= 15 is 0 Å². The van der Waals surface area contributed by atoms with Crippen molar-refractivity contribution < 1.29 is 4.74 Å². The fourth-order valence-electron chi connectivity index (χ4n) is 1.74. The molecule has 19 heavy (non-hydrogen) atoms. The van der Waals surface area contributed by atoms with Crippen molar-refractivity contribution in [2.75, 3.05) is 17.7 Å². The Kier molecular flexibility index (Phi) is 4.36. The minimum absolute atomic E-state index is 0.541. The van der Waals surface area contributed by atoms with E-state index in [2.05, 4.69) is 10.6 Å². The third-order valence-electron chi connectivity index (χ3n) is 2.75. The van der Waals surface area contributed by atoms with Crippen LogP contribution in [0.5, 0.6) is 5.75 Å². The summed E-state index contributed by atoms with van der Waals surface area (Å²) in [5.41, 5.74) is 2.98. The van der Waals surface area contributed by atoms with E-state index in [1.807, 2.05) is 55.5 Å². The summed E-state index contributed by atoms with van der Waals surface area (Å²) in [6, 6.07) is 15.7. The highest BCUT2D eigenvalue weighted by molar-refractivity contribution is 7.80. The van der Waals surface area contributed by atoms with Gasteiger partial charge in [0, 0.05) is 5.69 Å². The van der Waals surface area contributed by atoms with Crippen molar-refractivity contribution in [1.29, 1.82) is 0 Å². The number of para-hydroxylation sites is 3. The van der Waals surface area contributed by atoms with E-state index in [0.717, 1.165) is 22.7 Å². The second-order valence-electron chi connectivity index (χ2n) is 4.09. The molecule has 0 aromatic heterocycles. The van der Waals surface area contributed by atoms with Crippen LogP contribution in [0.4, 0.5) is 11.4 Å². The van der Waals surface area contributed by atoms with Gasteiger partial charge in [0.25, 0.3) is 0 Å². The minimum atomic E-state index is 0.541. The van der Waals surface area contributed by atoms with Crippen LogP contribution in [0.15, 0.2) is 48.5 Å². The molecule has 0 aliphatic carbocycles. The van der Waals surface area contributed by atoms with Crippen LogP contribution in [-0.4, -0.2) is 12.2 Å². The molecule has 0 aliphatic rings. The first-order valence-electron chi connectivity index (χ1n) is 5.97. The van der Waals surface area contributed by atoms with Crippen molar-refractivity contribution in [3.63, 3.8) is 0 Å². The van der Waals surface area contributed by atoms with E-state index in [4.69, 9.17) is 17.0 Å². The lowest BCUT2D eigenvalue weighted by Gasteiger charge is -2.14. The van der Waals surface area contributed by atoms with Crippen LogP contribution in [0.2, 0.25) is 0 Å². The molecule has 2 aromatic carbocycles. The third-order valence-corrected chi connectivity index (χ3v) is 2.95. The molecule has 0 amide bonds. The molecule has 0 saturated heterocycles. The number of benzene rings is 2. The zero-order valence-electron chi connectivity index (χ0n) is 10.9. The summed E-state index contributed by atoms with van der Waals surface area (Å²) in [5.74, 6) is 0.761. The maximum atomic E-state index is 5.31. The number of ether oxygens (including phenoxy) is 1. The van der Waals surface area contributed by atoms with Crippen LogP contribution in [0, 0.1) is 6.92 Å². The standard InChI is InChI=1S/C15H16N2OS/c1-11-7-3-4-8-12(11)16-15(19)17-13-9-5-6-10-14(13)18-2/h3-10H,1-2H3,(H2,16,17,19). The number of thiocarbonyl (C=S) groups is 1. The number of methoxy groups -OCH3 is 1. The molecule has 0 bridgehead atoms. The monoisotopic (exact) mass is 272 g/mol. The Morgan fingerprint density at radius 3 is 2.21 bits per heavy atom. The molecule has 98 valence electrons. The van der Waals surface area contributed by atoms with Gasteiger partial charge in [0.1, 0.15) is 5.75 Å². The SMILES string of the molecule is COc1ccccc1NC(=S)Nc1ccccc1C. The Morgan fingerprint density at radius 2 is 1.53 bits per heavy atom. The summed E-state index contributed by atoms with van der Waals surface area (Å²) >= 11 is 5.31. The van der Waals surface area contributed by atoms with E-state index in [1.54, 1.807) is 7.11 Å². The maximum absolute atomic E-state index is 5.31. The number of nitrogens with one attached hydrogen (secondary N) is 2. The van der Waals surface area contributed by atoms with Crippen molar-refractivity contribution in [2.45, 2.75) is 6.92 Å². The van der Waals surface area contributed by atoms with Gasteiger partial charge in [-0.15, -0.1) is 0 Å². The summed E-state index contributed by atoms with van der Waals surface area (Å²) < 4.78 is 5.27. The highest BCUT2D eigenvalue weighted by Gasteiger charge is 2.04. The molecule has 0 atom stereocenters. The topological polar surface area (TPSA) is 33.3 Å². The van der Waals surface area contributed by atoms with E-state index < -0.39 is 0 Å².